The van der Waals surface area contributed by atoms with Crippen LogP contribution in [0.25, 0.3) is 0 Å². The highest BCUT2D eigenvalue weighted by molar-refractivity contribution is 5.94. The number of amides is 1. The molecule has 0 aliphatic carbocycles. The zero-order chi connectivity index (χ0) is 17.1. The van der Waals surface area contributed by atoms with Gasteiger partial charge in [-0.2, -0.15) is 5.10 Å². The van der Waals surface area contributed by atoms with Gasteiger partial charge in [-0.05, 0) is 31.0 Å². The number of carbonyl (C=O) groups excluding carboxylic acids is 1. The highest BCUT2D eigenvalue weighted by Crippen LogP contribution is 2.22. The average Bonchev–Trinajstić information content (AvgIpc) is 3.34. The normalized spacial score (nSPS) is 20.9. The molecule has 4 heterocycles. The summed E-state index contributed by atoms with van der Waals surface area (Å²) in [6.45, 7) is 4.70. The van der Waals surface area contributed by atoms with Gasteiger partial charge in [0.15, 0.2) is 0 Å². The molecule has 132 valence electrons. The summed E-state index contributed by atoms with van der Waals surface area (Å²) in [7, 11) is 0. The van der Waals surface area contributed by atoms with E-state index in [1.54, 1.807) is 12.4 Å². The lowest BCUT2D eigenvalue weighted by Gasteiger charge is -2.28. The first kappa shape index (κ1) is 16.1. The van der Waals surface area contributed by atoms with E-state index in [-0.39, 0.29) is 11.9 Å². The summed E-state index contributed by atoms with van der Waals surface area (Å²) in [6, 6.07) is 5.95. The van der Waals surface area contributed by atoms with Crippen LogP contribution in [0.3, 0.4) is 0 Å². The molecule has 2 saturated heterocycles. The minimum Gasteiger partial charge on any atom is -0.378 e. The van der Waals surface area contributed by atoms with Crippen LogP contribution in [0.1, 0.15) is 23.2 Å². The van der Waals surface area contributed by atoms with E-state index < -0.39 is 0 Å². The van der Waals surface area contributed by atoms with Crippen molar-refractivity contribution < 1.29 is 9.53 Å². The zero-order valence-corrected chi connectivity index (χ0v) is 14.3. The molecule has 4 rings (SSSR count). The van der Waals surface area contributed by atoms with E-state index in [9.17, 15) is 4.79 Å². The molecule has 0 bridgehead atoms. The summed E-state index contributed by atoms with van der Waals surface area (Å²) in [5.41, 5.74) is 0.657. The Kier molecular flexibility index (Phi) is 4.65. The number of pyridine rings is 1. The van der Waals surface area contributed by atoms with Crippen LogP contribution in [0.4, 0.5) is 5.82 Å². The average molecular weight is 341 g/mol. The summed E-state index contributed by atoms with van der Waals surface area (Å²) in [5.74, 6) is 0.977. The molecule has 0 aromatic carbocycles. The van der Waals surface area contributed by atoms with E-state index >= 15 is 0 Å². The molecule has 7 heteroatoms. The Hall–Kier alpha value is -2.41. The van der Waals surface area contributed by atoms with Gasteiger partial charge in [0.1, 0.15) is 5.82 Å². The predicted octanol–water partition coefficient (Wildman–Crippen LogP) is 1.42. The van der Waals surface area contributed by atoms with E-state index in [4.69, 9.17) is 4.74 Å². The Morgan fingerprint density at radius 2 is 2.12 bits per heavy atom. The Balaban J connectivity index is 1.44. The SMILES string of the molecule is O=C(c1ccc(N2CCOCC2)nc1)N1CCCC1Cn1cccn1. The minimum atomic E-state index is 0.0654. The first-order valence-corrected chi connectivity index (χ1v) is 8.88. The number of morpholine rings is 1. The maximum Gasteiger partial charge on any atom is 0.255 e. The van der Waals surface area contributed by atoms with Crippen molar-refractivity contribution >= 4 is 11.7 Å². The number of aromatic nitrogens is 3. The number of rotatable bonds is 4. The third kappa shape index (κ3) is 3.51. The van der Waals surface area contributed by atoms with Gasteiger partial charge in [0.2, 0.25) is 0 Å². The van der Waals surface area contributed by atoms with Crippen molar-refractivity contribution in [3.8, 4) is 0 Å². The molecular weight excluding hydrogens is 318 g/mol. The predicted molar refractivity (Wildman–Crippen MR) is 93.6 cm³/mol. The van der Waals surface area contributed by atoms with Crippen molar-refractivity contribution in [2.45, 2.75) is 25.4 Å². The molecule has 2 aliphatic heterocycles. The summed E-state index contributed by atoms with van der Waals surface area (Å²) >= 11 is 0. The van der Waals surface area contributed by atoms with E-state index in [0.29, 0.717) is 5.56 Å². The molecule has 0 N–H and O–H groups in total. The summed E-state index contributed by atoms with van der Waals surface area (Å²) in [4.78, 5) is 21.6. The first-order valence-electron chi connectivity index (χ1n) is 8.88. The van der Waals surface area contributed by atoms with Gasteiger partial charge in [-0.15, -0.1) is 0 Å². The summed E-state index contributed by atoms with van der Waals surface area (Å²) in [5, 5.41) is 4.26. The molecule has 2 aromatic heterocycles. The molecule has 1 unspecified atom stereocenters. The first-order chi connectivity index (χ1) is 12.3. The Morgan fingerprint density at radius 3 is 2.84 bits per heavy atom. The second-order valence-corrected chi connectivity index (χ2v) is 6.53. The van der Waals surface area contributed by atoms with Gasteiger partial charge in [-0.1, -0.05) is 0 Å². The Labute approximate surface area is 147 Å². The van der Waals surface area contributed by atoms with Crippen molar-refractivity contribution in [2.24, 2.45) is 0 Å². The summed E-state index contributed by atoms with van der Waals surface area (Å²) < 4.78 is 7.27. The topological polar surface area (TPSA) is 63.5 Å². The van der Waals surface area contributed by atoms with Gasteiger partial charge < -0.3 is 14.5 Å². The molecular formula is C18H23N5O2. The van der Waals surface area contributed by atoms with Crippen LogP contribution in [0.2, 0.25) is 0 Å². The van der Waals surface area contributed by atoms with E-state index in [2.05, 4.69) is 15.0 Å². The summed E-state index contributed by atoms with van der Waals surface area (Å²) in [6.07, 6.45) is 7.48. The maximum absolute atomic E-state index is 12.9. The highest BCUT2D eigenvalue weighted by Gasteiger charge is 2.30. The van der Waals surface area contributed by atoms with Gasteiger partial charge >= 0.3 is 0 Å². The van der Waals surface area contributed by atoms with Gasteiger partial charge in [0, 0.05) is 38.2 Å². The molecule has 1 amide bonds. The maximum atomic E-state index is 12.9. The molecule has 7 nitrogen and oxygen atoms in total. The monoisotopic (exact) mass is 341 g/mol. The molecule has 0 saturated carbocycles. The zero-order valence-electron chi connectivity index (χ0n) is 14.3. The van der Waals surface area contributed by atoms with Crippen LogP contribution in [0.5, 0.6) is 0 Å². The highest BCUT2D eigenvalue weighted by atomic mass is 16.5. The quantitative estimate of drug-likeness (QED) is 0.842. The molecule has 0 spiro atoms. The van der Waals surface area contributed by atoms with Crippen LogP contribution in [0, 0.1) is 0 Å². The Morgan fingerprint density at radius 1 is 1.24 bits per heavy atom. The standard InChI is InChI=1S/C18H23N5O2/c24-18(23-8-1-3-16(23)14-22-7-2-6-20-22)15-4-5-17(19-13-15)21-9-11-25-12-10-21/h2,4-7,13,16H,1,3,8-12,14H2. The minimum absolute atomic E-state index is 0.0654. The number of hydrogen-bond acceptors (Lipinski definition) is 5. The van der Waals surface area contributed by atoms with Crippen molar-refractivity contribution in [3.63, 3.8) is 0 Å². The number of ether oxygens (including phenoxy) is 1. The van der Waals surface area contributed by atoms with Gasteiger partial charge in [0.05, 0.1) is 31.4 Å². The fourth-order valence-electron chi connectivity index (χ4n) is 3.58. The lowest BCUT2D eigenvalue weighted by Crippen LogP contribution is -2.38. The second kappa shape index (κ2) is 7.23. The third-order valence-corrected chi connectivity index (χ3v) is 4.92. The largest absolute Gasteiger partial charge is 0.378 e. The number of nitrogens with zero attached hydrogens (tertiary/aromatic N) is 5. The number of anilines is 1. The third-order valence-electron chi connectivity index (χ3n) is 4.92. The van der Waals surface area contributed by atoms with Crippen LogP contribution in [0.15, 0.2) is 36.8 Å². The number of likely N-dealkylation sites (tertiary alicyclic amines) is 1. The Bertz CT molecular complexity index is 695. The van der Waals surface area contributed by atoms with E-state index in [0.717, 1.165) is 58.1 Å². The van der Waals surface area contributed by atoms with Crippen LogP contribution >= 0.6 is 0 Å². The number of carbonyl (C=O) groups is 1. The smallest absolute Gasteiger partial charge is 0.255 e. The van der Waals surface area contributed by atoms with Crippen molar-refractivity contribution in [3.05, 3.63) is 42.4 Å². The molecule has 0 radical (unpaired) electrons. The molecule has 2 fully saturated rings. The number of hydrogen-bond donors (Lipinski definition) is 0. The molecule has 25 heavy (non-hydrogen) atoms. The van der Waals surface area contributed by atoms with E-state index in [1.165, 1.54) is 0 Å². The van der Waals surface area contributed by atoms with Gasteiger partial charge in [0.25, 0.3) is 5.91 Å². The van der Waals surface area contributed by atoms with Gasteiger partial charge in [-0.25, -0.2) is 4.98 Å². The van der Waals surface area contributed by atoms with Crippen molar-refractivity contribution in [2.75, 3.05) is 37.7 Å². The van der Waals surface area contributed by atoms with Crippen LogP contribution in [-0.4, -0.2) is 64.5 Å². The van der Waals surface area contributed by atoms with Crippen LogP contribution < -0.4 is 4.90 Å². The second-order valence-electron chi connectivity index (χ2n) is 6.53. The molecule has 2 aliphatic rings. The fraction of sp³-hybridized carbons (Fsp3) is 0.500. The molecule has 1 atom stereocenters. The molecule has 2 aromatic rings. The lowest BCUT2D eigenvalue weighted by molar-refractivity contribution is 0.0721. The van der Waals surface area contributed by atoms with E-state index in [1.807, 2.05) is 34.0 Å². The van der Waals surface area contributed by atoms with Crippen LogP contribution in [-0.2, 0) is 11.3 Å². The van der Waals surface area contributed by atoms with Crippen molar-refractivity contribution in [1.29, 1.82) is 0 Å². The van der Waals surface area contributed by atoms with Gasteiger partial charge in [-0.3, -0.25) is 9.48 Å². The fourth-order valence-corrected chi connectivity index (χ4v) is 3.58. The van der Waals surface area contributed by atoms with Crippen molar-refractivity contribution in [1.82, 2.24) is 19.7 Å². The lowest BCUT2D eigenvalue weighted by atomic mass is 10.2.